The third-order valence-electron chi connectivity index (χ3n) is 3.81. The van der Waals surface area contributed by atoms with E-state index in [0.717, 1.165) is 17.4 Å². The summed E-state index contributed by atoms with van der Waals surface area (Å²) in [5.74, 6) is 0. The van der Waals surface area contributed by atoms with E-state index in [9.17, 15) is 13.2 Å². The van der Waals surface area contributed by atoms with Crippen molar-refractivity contribution >= 4 is 16.4 Å². The zero-order chi connectivity index (χ0) is 17.9. The topological polar surface area (TPSA) is 78.9 Å². The summed E-state index contributed by atoms with van der Waals surface area (Å²) < 4.78 is 40.6. The molecule has 7 heteroatoms. The Morgan fingerprint density at radius 3 is 2.44 bits per heavy atom. The molecule has 0 radical (unpaired) electrons. The molecule has 1 aliphatic heterocycles. The van der Waals surface area contributed by atoms with Gasteiger partial charge < -0.3 is 9.47 Å². The normalized spacial score (nSPS) is 20.5. The summed E-state index contributed by atoms with van der Waals surface area (Å²) in [4.78, 5) is 10.8. The molecule has 0 saturated carbocycles. The quantitative estimate of drug-likeness (QED) is 0.581. The van der Waals surface area contributed by atoms with Gasteiger partial charge in [-0.05, 0) is 19.1 Å². The van der Waals surface area contributed by atoms with Gasteiger partial charge in [-0.25, -0.2) is 0 Å². The molecule has 0 aromatic heterocycles. The zero-order valence-corrected chi connectivity index (χ0v) is 14.4. The van der Waals surface area contributed by atoms with Gasteiger partial charge in [-0.3, -0.25) is 8.98 Å². The molecule has 0 aliphatic carbocycles. The number of ether oxygens (including phenoxy) is 2. The molecule has 6 nitrogen and oxygen atoms in total. The van der Waals surface area contributed by atoms with Gasteiger partial charge in [0.2, 0.25) is 0 Å². The number of rotatable bonds is 6. The SMILES string of the molecule is Cc1ccc(S(=O)(=O)OCC2COC(c3ccc(C=O)cc3)O2)cc1. The lowest BCUT2D eigenvalue weighted by Gasteiger charge is -2.12. The summed E-state index contributed by atoms with van der Waals surface area (Å²) in [6, 6.07) is 13.2. The van der Waals surface area contributed by atoms with Gasteiger partial charge in [0.05, 0.1) is 18.1 Å². The Labute approximate surface area is 146 Å². The molecule has 2 aromatic carbocycles. The molecule has 1 saturated heterocycles. The van der Waals surface area contributed by atoms with E-state index in [2.05, 4.69) is 0 Å². The van der Waals surface area contributed by atoms with Crippen molar-refractivity contribution in [3.63, 3.8) is 0 Å². The number of carbonyl (C=O) groups is 1. The molecular formula is C18H18O6S. The van der Waals surface area contributed by atoms with Gasteiger partial charge in [-0.2, -0.15) is 8.42 Å². The minimum Gasteiger partial charge on any atom is -0.346 e. The monoisotopic (exact) mass is 362 g/mol. The molecule has 3 rings (SSSR count). The highest BCUT2D eigenvalue weighted by atomic mass is 32.2. The van der Waals surface area contributed by atoms with E-state index in [1.165, 1.54) is 12.1 Å². The van der Waals surface area contributed by atoms with Gasteiger partial charge in [-0.15, -0.1) is 0 Å². The summed E-state index contributed by atoms with van der Waals surface area (Å²) >= 11 is 0. The van der Waals surface area contributed by atoms with E-state index in [1.54, 1.807) is 36.4 Å². The lowest BCUT2D eigenvalue weighted by atomic mass is 10.1. The Morgan fingerprint density at radius 2 is 1.80 bits per heavy atom. The Kier molecular flexibility index (Phi) is 5.29. The minimum absolute atomic E-state index is 0.109. The Balaban J connectivity index is 1.57. The van der Waals surface area contributed by atoms with Gasteiger partial charge in [0, 0.05) is 11.1 Å². The van der Waals surface area contributed by atoms with Crippen molar-refractivity contribution < 1.29 is 26.9 Å². The highest BCUT2D eigenvalue weighted by Gasteiger charge is 2.29. The van der Waals surface area contributed by atoms with Crippen molar-refractivity contribution in [2.75, 3.05) is 13.2 Å². The second-order valence-electron chi connectivity index (χ2n) is 5.76. The van der Waals surface area contributed by atoms with Crippen LogP contribution in [0.25, 0.3) is 0 Å². The molecule has 0 bridgehead atoms. The lowest BCUT2D eigenvalue weighted by Crippen LogP contribution is -2.21. The largest absolute Gasteiger partial charge is 0.346 e. The van der Waals surface area contributed by atoms with Crippen molar-refractivity contribution in [3.8, 4) is 0 Å². The highest BCUT2D eigenvalue weighted by Crippen LogP contribution is 2.27. The van der Waals surface area contributed by atoms with Crippen molar-refractivity contribution in [2.45, 2.75) is 24.2 Å². The molecule has 132 valence electrons. The highest BCUT2D eigenvalue weighted by molar-refractivity contribution is 7.86. The molecule has 1 heterocycles. The van der Waals surface area contributed by atoms with E-state index in [-0.39, 0.29) is 18.1 Å². The first-order valence-electron chi connectivity index (χ1n) is 7.76. The molecular weight excluding hydrogens is 344 g/mol. The van der Waals surface area contributed by atoms with Gasteiger partial charge in [0.25, 0.3) is 10.1 Å². The molecule has 2 atom stereocenters. The number of carbonyl (C=O) groups excluding carboxylic acids is 1. The van der Waals surface area contributed by atoms with Gasteiger partial charge in [0.15, 0.2) is 6.29 Å². The predicted molar refractivity (Wildman–Crippen MR) is 89.7 cm³/mol. The third kappa shape index (κ3) is 4.32. The second kappa shape index (κ2) is 7.45. The fourth-order valence-corrected chi connectivity index (χ4v) is 3.32. The molecule has 25 heavy (non-hydrogen) atoms. The number of aryl methyl sites for hydroxylation is 1. The number of hydrogen-bond donors (Lipinski definition) is 0. The van der Waals surface area contributed by atoms with Crippen LogP contribution in [0, 0.1) is 6.92 Å². The predicted octanol–water partition coefficient (Wildman–Crippen LogP) is 2.63. The van der Waals surface area contributed by atoms with Crippen LogP contribution in [-0.2, 0) is 23.8 Å². The minimum atomic E-state index is -3.83. The van der Waals surface area contributed by atoms with Crippen LogP contribution in [0.4, 0.5) is 0 Å². The maximum Gasteiger partial charge on any atom is 0.297 e. The number of hydrogen-bond acceptors (Lipinski definition) is 6. The summed E-state index contributed by atoms with van der Waals surface area (Å²) in [6.45, 7) is 1.98. The zero-order valence-electron chi connectivity index (χ0n) is 13.6. The van der Waals surface area contributed by atoms with E-state index in [4.69, 9.17) is 13.7 Å². The average molecular weight is 362 g/mol. The van der Waals surface area contributed by atoms with E-state index in [0.29, 0.717) is 5.56 Å². The Hall–Kier alpha value is -2.06. The van der Waals surface area contributed by atoms with Crippen LogP contribution in [0.1, 0.15) is 27.8 Å². The fraction of sp³-hybridized carbons (Fsp3) is 0.278. The summed E-state index contributed by atoms with van der Waals surface area (Å²) in [5, 5.41) is 0. The average Bonchev–Trinajstić information content (AvgIpc) is 3.10. The number of aldehydes is 1. The molecule has 0 amide bonds. The summed E-state index contributed by atoms with van der Waals surface area (Å²) in [5.41, 5.74) is 2.29. The van der Waals surface area contributed by atoms with Crippen LogP contribution in [0.5, 0.6) is 0 Å². The van der Waals surface area contributed by atoms with Crippen molar-refractivity contribution in [1.82, 2.24) is 0 Å². The molecule has 1 fully saturated rings. The van der Waals surface area contributed by atoms with Crippen LogP contribution in [0.2, 0.25) is 0 Å². The van der Waals surface area contributed by atoms with Crippen LogP contribution in [-0.4, -0.2) is 34.0 Å². The van der Waals surface area contributed by atoms with Gasteiger partial charge in [0.1, 0.15) is 12.4 Å². The molecule has 2 aromatic rings. The smallest absolute Gasteiger partial charge is 0.297 e. The van der Waals surface area contributed by atoms with E-state index in [1.807, 2.05) is 6.92 Å². The first kappa shape index (κ1) is 17.8. The summed E-state index contributed by atoms with van der Waals surface area (Å²) in [6.07, 6.45) is -0.334. The molecule has 0 N–H and O–H groups in total. The Morgan fingerprint density at radius 1 is 1.12 bits per heavy atom. The van der Waals surface area contributed by atoms with E-state index >= 15 is 0 Å². The summed E-state index contributed by atoms with van der Waals surface area (Å²) in [7, 11) is -3.83. The van der Waals surface area contributed by atoms with E-state index < -0.39 is 22.5 Å². The maximum atomic E-state index is 12.2. The second-order valence-corrected chi connectivity index (χ2v) is 7.37. The van der Waals surface area contributed by atoms with Crippen LogP contribution < -0.4 is 0 Å². The van der Waals surface area contributed by atoms with Crippen LogP contribution in [0.15, 0.2) is 53.4 Å². The van der Waals surface area contributed by atoms with Crippen molar-refractivity contribution in [1.29, 1.82) is 0 Å². The molecule has 0 spiro atoms. The van der Waals surface area contributed by atoms with Crippen molar-refractivity contribution in [2.24, 2.45) is 0 Å². The van der Waals surface area contributed by atoms with Crippen LogP contribution in [0.3, 0.4) is 0 Å². The third-order valence-corrected chi connectivity index (χ3v) is 5.11. The standard InChI is InChI=1S/C18H18O6S/c1-13-2-8-17(9-3-13)25(20,21)23-12-16-11-22-18(24-16)15-6-4-14(10-19)5-7-15/h2-10,16,18H,11-12H2,1H3. The molecule has 2 unspecified atom stereocenters. The Bertz CT molecular complexity index is 827. The molecule has 1 aliphatic rings. The lowest BCUT2D eigenvalue weighted by molar-refractivity contribution is -0.0656. The first-order chi connectivity index (χ1) is 12.0. The van der Waals surface area contributed by atoms with Gasteiger partial charge in [-0.1, -0.05) is 42.0 Å². The number of benzene rings is 2. The first-order valence-corrected chi connectivity index (χ1v) is 9.17. The van der Waals surface area contributed by atoms with Gasteiger partial charge >= 0.3 is 0 Å². The maximum absolute atomic E-state index is 12.2. The fourth-order valence-electron chi connectivity index (χ4n) is 2.38. The van der Waals surface area contributed by atoms with Crippen LogP contribution >= 0.6 is 0 Å². The van der Waals surface area contributed by atoms with Crippen molar-refractivity contribution in [3.05, 3.63) is 65.2 Å².